The van der Waals surface area contributed by atoms with Crippen molar-refractivity contribution in [2.75, 3.05) is 23.8 Å². The third-order valence-corrected chi connectivity index (χ3v) is 6.31. The number of anilines is 2. The highest BCUT2D eigenvalue weighted by molar-refractivity contribution is 6.21. The number of fused-ring (bicyclic) bond motifs is 2. The molecule has 0 saturated heterocycles. The van der Waals surface area contributed by atoms with Crippen LogP contribution >= 0.6 is 0 Å². The van der Waals surface area contributed by atoms with Crippen LogP contribution in [0.5, 0.6) is 5.75 Å². The molecule has 5 aromatic rings. The highest BCUT2D eigenvalue weighted by atomic mass is 16.5. The standard InChI is InChI=1S/C28H23N7O4/c1-33-17-18(16-29-33)24-25(34-13-5-4-8-23(34)31-24)32-28(38)30-19-9-11-20(12-10-19)39-15-14-35-26(36)21-6-2-3-7-22(21)27(35)37/h2-13,16-17H,14-15H2,1H3,(H2,30,32,38). The van der Waals surface area contributed by atoms with Gasteiger partial charge in [-0.15, -0.1) is 0 Å². The Morgan fingerprint density at radius 2 is 1.64 bits per heavy atom. The molecule has 0 unspecified atom stereocenters. The largest absolute Gasteiger partial charge is 0.492 e. The van der Waals surface area contributed by atoms with Gasteiger partial charge in [0.05, 0.1) is 23.9 Å². The van der Waals surface area contributed by atoms with Gasteiger partial charge in [-0.2, -0.15) is 5.10 Å². The fourth-order valence-corrected chi connectivity index (χ4v) is 4.46. The van der Waals surface area contributed by atoms with Crippen LogP contribution in [0.2, 0.25) is 0 Å². The van der Waals surface area contributed by atoms with Gasteiger partial charge in [0.25, 0.3) is 11.8 Å². The van der Waals surface area contributed by atoms with Crippen molar-refractivity contribution in [2.24, 2.45) is 7.05 Å². The molecule has 0 radical (unpaired) electrons. The molecule has 0 saturated carbocycles. The van der Waals surface area contributed by atoms with Gasteiger partial charge in [0.2, 0.25) is 0 Å². The number of carbonyl (C=O) groups is 3. The summed E-state index contributed by atoms with van der Waals surface area (Å²) in [6.07, 6.45) is 5.35. The van der Waals surface area contributed by atoms with Crippen molar-refractivity contribution in [3.8, 4) is 17.0 Å². The Morgan fingerprint density at radius 1 is 0.923 bits per heavy atom. The molecule has 0 aliphatic carbocycles. The summed E-state index contributed by atoms with van der Waals surface area (Å²) < 4.78 is 9.20. The van der Waals surface area contributed by atoms with Gasteiger partial charge in [0, 0.05) is 30.7 Å². The minimum atomic E-state index is -0.440. The quantitative estimate of drug-likeness (QED) is 0.312. The predicted molar refractivity (Wildman–Crippen MR) is 144 cm³/mol. The zero-order chi connectivity index (χ0) is 26.9. The molecule has 2 N–H and O–H groups in total. The van der Waals surface area contributed by atoms with E-state index in [1.54, 1.807) is 63.8 Å². The molecule has 6 rings (SSSR count). The fourth-order valence-electron chi connectivity index (χ4n) is 4.46. The molecule has 4 amide bonds. The highest BCUT2D eigenvalue weighted by Crippen LogP contribution is 2.29. The Morgan fingerprint density at radius 3 is 2.33 bits per heavy atom. The molecule has 11 heteroatoms. The van der Waals surface area contributed by atoms with Crippen LogP contribution in [0.4, 0.5) is 16.3 Å². The van der Waals surface area contributed by atoms with Crippen LogP contribution < -0.4 is 15.4 Å². The molecule has 0 atom stereocenters. The van der Waals surface area contributed by atoms with Crippen molar-refractivity contribution in [3.63, 3.8) is 0 Å². The van der Waals surface area contributed by atoms with Gasteiger partial charge < -0.3 is 10.1 Å². The molecule has 11 nitrogen and oxygen atoms in total. The molecule has 3 aromatic heterocycles. The summed E-state index contributed by atoms with van der Waals surface area (Å²) in [4.78, 5) is 43.7. The lowest BCUT2D eigenvalue weighted by Crippen LogP contribution is -2.33. The first-order valence-corrected chi connectivity index (χ1v) is 12.2. The number of carbonyl (C=O) groups excluding carboxylic acids is 3. The van der Waals surface area contributed by atoms with Gasteiger partial charge in [-0.1, -0.05) is 18.2 Å². The summed E-state index contributed by atoms with van der Waals surface area (Å²) in [5.41, 5.74) is 3.44. The number of aromatic nitrogens is 4. The molecular formula is C28H23N7O4. The number of imide groups is 1. The van der Waals surface area contributed by atoms with Crippen molar-refractivity contribution >= 4 is 35.0 Å². The minimum Gasteiger partial charge on any atom is -0.492 e. The number of nitrogens with zero attached hydrogens (tertiary/aromatic N) is 5. The fraction of sp³-hybridized carbons (Fsp3) is 0.107. The normalized spacial score (nSPS) is 12.6. The summed E-state index contributed by atoms with van der Waals surface area (Å²) >= 11 is 0. The number of hydrogen-bond acceptors (Lipinski definition) is 6. The summed E-state index contributed by atoms with van der Waals surface area (Å²) in [5, 5.41) is 9.92. The number of aryl methyl sites for hydroxylation is 1. The number of urea groups is 1. The van der Waals surface area contributed by atoms with Crippen LogP contribution in [0.3, 0.4) is 0 Å². The van der Waals surface area contributed by atoms with E-state index < -0.39 is 6.03 Å². The lowest BCUT2D eigenvalue weighted by molar-refractivity contribution is 0.0631. The third kappa shape index (κ3) is 4.57. The molecular weight excluding hydrogens is 498 g/mol. The smallest absolute Gasteiger partial charge is 0.324 e. The molecule has 0 bridgehead atoms. The van der Waals surface area contributed by atoms with E-state index in [0.29, 0.717) is 39.7 Å². The number of hydrogen-bond donors (Lipinski definition) is 2. The number of ether oxygens (including phenoxy) is 1. The van der Waals surface area contributed by atoms with E-state index in [4.69, 9.17) is 4.74 Å². The highest BCUT2D eigenvalue weighted by Gasteiger charge is 2.34. The Labute approximate surface area is 222 Å². The van der Waals surface area contributed by atoms with Gasteiger partial charge in [0.1, 0.15) is 29.5 Å². The van der Waals surface area contributed by atoms with Gasteiger partial charge in [-0.3, -0.25) is 28.9 Å². The van der Waals surface area contributed by atoms with Gasteiger partial charge in [-0.25, -0.2) is 9.78 Å². The zero-order valence-electron chi connectivity index (χ0n) is 20.9. The Bertz CT molecular complexity index is 1690. The van der Waals surface area contributed by atoms with Crippen LogP contribution in [-0.4, -0.2) is 55.1 Å². The van der Waals surface area contributed by atoms with E-state index >= 15 is 0 Å². The lowest BCUT2D eigenvalue weighted by atomic mass is 10.1. The first-order valence-electron chi connectivity index (χ1n) is 12.2. The molecule has 1 aliphatic heterocycles. The molecule has 0 spiro atoms. The first kappa shape index (κ1) is 23.9. The SMILES string of the molecule is Cn1cc(-c2nc3ccccn3c2NC(=O)Nc2ccc(OCCN3C(=O)c4ccccc4C3=O)cc2)cn1. The Kier molecular flexibility index (Phi) is 6.00. The second-order valence-corrected chi connectivity index (χ2v) is 8.90. The van der Waals surface area contributed by atoms with E-state index in [-0.39, 0.29) is 25.0 Å². The molecule has 0 fully saturated rings. The number of nitrogens with one attached hydrogen (secondary N) is 2. The summed E-state index contributed by atoms with van der Waals surface area (Å²) in [5.74, 6) is 0.423. The number of benzene rings is 2. The van der Waals surface area contributed by atoms with Gasteiger partial charge in [0.15, 0.2) is 0 Å². The summed E-state index contributed by atoms with van der Waals surface area (Å²) in [6, 6.07) is 18.7. The first-order chi connectivity index (χ1) is 19.0. The van der Waals surface area contributed by atoms with E-state index in [9.17, 15) is 14.4 Å². The van der Waals surface area contributed by atoms with Crippen LogP contribution in [0.1, 0.15) is 20.7 Å². The second-order valence-electron chi connectivity index (χ2n) is 8.90. The maximum Gasteiger partial charge on any atom is 0.324 e. The Balaban J connectivity index is 1.08. The molecule has 4 heterocycles. The van der Waals surface area contributed by atoms with Crippen LogP contribution in [-0.2, 0) is 7.05 Å². The van der Waals surface area contributed by atoms with Gasteiger partial charge >= 0.3 is 6.03 Å². The number of rotatable bonds is 7. The Hall–Kier alpha value is -5.45. The maximum absolute atomic E-state index is 12.9. The van der Waals surface area contributed by atoms with E-state index in [2.05, 4.69) is 20.7 Å². The van der Waals surface area contributed by atoms with Crippen LogP contribution in [0, 0.1) is 0 Å². The minimum absolute atomic E-state index is 0.132. The maximum atomic E-state index is 12.9. The van der Waals surface area contributed by atoms with Crippen molar-refractivity contribution in [1.82, 2.24) is 24.1 Å². The molecule has 194 valence electrons. The van der Waals surface area contributed by atoms with Crippen molar-refractivity contribution in [2.45, 2.75) is 0 Å². The van der Waals surface area contributed by atoms with Crippen molar-refractivity contribution in [3.05, 3.63) is 96.4 Å². The average Bonchev–Trinajstić information content (AvgIpc) is 3.61. The van der Waals surface area contributed by atoms with E-state index in [1.807, 2.05) is 37.6 Å². The number of pyridine rings is 1. The second kappa shape index (κ2) is 9.78. The summed E-state index contributed by atoms with van der Waals surface area (Å²) in [6.45, 7) is 0.275. The molecule has 39 heavy (non-hydrogen) atoms. The van der Waals surface area contributed by atoms with E-state index in [1.165, 1.54) is 4.90 Å². The number of imidazole rings is 1. The number of amides is 4. The lowest BCUT2D eigenvalue weighted by Gasteiger charge is -2.14. The monoisotopic (exact) mass is 521 g/mol. The van der Waals surface area contributed by atoms with Crippen molar-refractivity contribution in [1.29, 1.82) is 0 Å². The predicted octanol–water partition coefficient (Wildman–Crippen LogP) is 4.05. The topological polar surface area (TPSA) is 123 Å². The molecule has 1 aliphatic rings. The molecule has 2 aromatic carbocycles. The van der Waals surface area contributed by atoms with Crippen LogP contribution in [0.25, 0.3) is 16.9 Å². The van der Waals surface area contributed by atoms with Crippen molar-refractivity contribution < 1.29 is 19.1 Å². The average molecular weight is 522 g/mol. The third-order valence-electron chi connectivity index (χ3n) is 6.31. The van der Waals surface area contributed by atoms with Gasteiger partial charge in [-0.05, 0) is 48.5 Å². The summed E-state index contributed by atoms with van der Waals surface area (Å²) in [7, 11) is 1.82. The van der Waals surface area contributed by atoms with Crippen LogP contribution in [0.15, 0.2) is 85.3 Å². The zero-order valence-corrected chi connectivity index (χ0v) is 20.9. The van der Waals surface area contributed by atoms with E-state index in [0.717, 1.165) is 5.56 Å².